The molecule has 0 saturated carbocycles. The second kappa shape index (κ2) is 13.4. The standard InChI is InChI=1S/C31H41NO4/c1-4-31(2,3)28(33)29(34)32-23-13-22-27(32)30(35)36-26(20-11-18-24-14-7-5-8-15-24)21-12-19-25-16-9-6-10-17-25/h5-10,14-17,26-27H,4,11-13,18-23H2,1-3H3. The maximum atomic E-state index is 13.3. The van der Waals surface area contributed by atoms with Gasteiger partial charge in [0.1, 0.15) is 12.1 Å². The molecule has 2 aromatic carbocycles. The molecule has 1 aliphatic heterocycles. The van der Waals surface area contributed by atoms with Crippen molar-refractivity contribution >= 4 is 17.7 Å². The van der Waals surface area contributed by atoms with Crippen LogP contribution in [0.1, 0.15) is 76.8 Å². The highest BCUT2D eigenvalue weighted by Gasteiger charge is 2.42. The first-order valence-corrected chi connectivity index (χ1v) is 13.5. The van der Waals surface area contributed by atoms with Crippen molar-refractivity contribution < 1.29 is 19.1 Å². The quantitative estimate of drug-likeness (QED) is 0.257. The molecule has 3 rings (SSSR count). The number of esters is 1. The fourth-order valence-electron chi connectivity index (χ4n) is 4.70. The van der Waals surface area contributed by atoms with Crippen LogP contribution < -0.4 is 0 Å². The fraction of sp³-hybridized carbons (Fsp3) is 0.516. The number of benzene rings is 2. The summed E-state index contributed by atoms with van der Waals surface area (Å²) < 4.78 is 6.04. The van der Waals surface area contributed by atoms with Gasteiger partial charge in [0, 0.05) is 12.0 Å². The number of hydrogen-bond donors (Lipinski definition) is 0. The Kier molecular flexibility index (Phi) is 10.3. The van der Waals surface area contributed by atoms with Gasteiger partial charge in [-0.3, -0.25) is 9.59 Å². The number of rotatable bonds is 13. The van der Waals surface area contributed by atoms with E-state index >= 15 is 0 Å². The monoisotopic (exact) mass is 491 g/mol. The Morgan fingerprint density at radius 2 is 1.44 bits per heavy atom. The van der Waals surface area contributed by atoms with Crippen molar-refractivity contribution in [3.05, 3.63) is 71.8 Å². The average molecular weight is 492 g/mol. The van der Waals surface area contributed by atoms with Crippen LogP contribution in [0.25, 0.3) is 0 Å². The van der Waals surface area contributed by atoms with E-state index in [1.165, 1.54) is 16.0 Å². The van der Waals surface area contributed by atoms with E-state index in [0.29, 0.717) is 25.8 Å². The largest absolute Gasteiger partial charge is 0.461 e. The molecule has 2 aromatic rings. The minimum absolute atomic E-state index is 0.203. The predicted molar refractivity (Wildman–Crippen MR) is 142 cm³/mol. The lowest BCUT2D eigenvalue weighted by atomic mass is 9.84. The normalized spacial score (nSPS) is 15.8. The molecule has 0 aromatic heterocycles. The lowest BCUT2D eigenvalue weighted by Gasteiger charge is -2.28. The van der Waals surface area contributed by atoms with Crippen LogP contribution in [0.15, 0.2) is 60.7 Å². The summed E-state index contributed by atoms with van der Waals surface area (Å²) in [5, 5.41) is 0. The Balaban J connectivity index is 1.61. The molecule has 1 saturated heterocycles. The molecule has 1 unspecified atom stereocenters. The third-order valence-corrected chi connectivity index (χ3v) is 7.43. The molecule has 1 aliphatic rings. The number of aryl methyl sites for hydroxylation is 2. The van der Waals surface area contributed by atoms with E-state index in [1.807, 2.05) is 43.3 Å². The van der Waals surface area contributed by atoms with Gasteiger partial charge in [-0.2, -0.15) is 0 Å². The van der Waals surface area contributed by atoms with Crippen molar-refractivity contribution in [2.75, 3.05) is 6.54 Å². The topological polar surface area (TPSA) is 63.7 Å². The predicted octanol–water partition coefficient (Wildman–Crippen LogP) is 5.94. The lowest BCUT2D eigenvalue weighted by Crippen LogP contribution is -2.48. The van der Waals surface area contributed by atoms with Gasteiger partial charge in [0.05, 0.1) is 0 Å². The van der Waals surface area contributed by atoms with Crippen LogP contribution in [-0.4, -0.2) is 41.3 Å². The number of amides is 1. The van der Waals surface area contributed by atoms with Crippen molar-refractivity contribution in [1.82, 2.24) is 4.90 Å². The van der Waals surface area contributed by atoms with Crippen LogP contribution >= 0.6 is 0 Å². The first kappa shape index (κ1) is 27.6. The van der Waals surface area contributed by atoms with E-state index in [1.54, 1.807) is 13.8 Å². The molecule has 0 spiro atoms. The highest BCUT2D eigenvalue weighted by atomic mass is 16.5. The number of ether oxygens (including phenoxy) is 1. The Morgan fingerprint density at radius 1 is 0.917 bits per heavy atom. The van der Waals surface area contributed by atoms with Crippen LogP contribution in [0.3, 0.4) is 0 Å². The summed E-state index contributed by atoms with van der Waals surface area (Å²) in [7, 11) is 0. The molecule has 5 nitrogen and oxygen atoms in total. The van der Waals surface area contributed by atoms with Gasteiger partial charge in [0.25, 0.3) is 5.91 Å². The Hall–Kier alpha value is -2.95. The molecule has 0 aliphatic carbocycles. The van der Waals surface area contributed by atoms with Gasteiger partial charge in [-0.1, -0.05) is 81.4 Å². The summed E-state index contributed by atoms with van der Waals surface area (Å²) in [5.41, 5.74) is 1.82. The molecule has 0 bridgehead atoms. The van der Waals surface area contributed by atoms with Crippen LogP contribution in [0.2, 0.25) is 0 Å². The van der Waals surface area contributed by atoms with E-state index in [2.05, 4.69) is 24.3 Å². The number of carbonyl (C=O) groups excluding carboxylic acids is 3. The first-order valence-electron chi connectivity index (χ1n) is 13.5. The summed E-state index contributed by atoms with van der Waals surface area (Å²) in [6, 6.07) is 20.0. The summed E-state index contributed by atoms with van der Waals surface area (Å²) in [6.07, 6.45) is 6.88. The summed E-state index contributed by atoms with van der Waals surface area (Å²) in [4.78, 5) is 40.5. The highest BCUT2D eigenvalue weighted by molar-refractivity contribution is 6.38. The van der Waals surface area contributed by atoms with E-state index in [-0.39, 0.29) is 12.1 Å². The molecule has 194 valence electrons. The van der Waals surface area contributed by atoms with Crippen LogP contribution in [0.4, 0.5) is 0 Å². The number of nitrogens with zero attached hydrogens (tertiary/aromatic N) is 1. The summed E-state index contributed by atoms with van der Waals surface area (Å²) in [6.45, 7) is 5.89. The van der Waals surface area contributed by atoms with Gasteiger partial charge in [-0.25, -0.2) is 4.79 Å². The van der Waals surface area contributed by atoms with Crippen LogP contribution in [0.5, 0.6) is 0 Å². The number of carbonyl (C=O) groups is 3. The molecule has 1 amide bonds. The molecule has 0 N–H and O–H groups in total. The number of Topliss-reactive ketones (excluding diaryl/α,β-unsaturated/α-hetero) is 1. The molecule has 36 heavy (non-hydrogen) atoms. The van der Waals surface area contributed by atoms with E-state index < -0.39 is 23.1 Å². The van der Waals surface area contributed by atoms with E-state index in [4.69, 9.17) is 4.74 Å². The van der Waals surface area contributed by atoms with Crippen molar-refractivity contribution in [3.8, 4) is 0 Å². The maximum absolute atomic E-state index is 13.3. The smallest absolute Gasteiger partial charge is 0.329 e. The van der Waals surface area contributed by atoms with E-state index in [9.17, 15) is 14.4 Å². The molecular formula is C31H41NO4. The van der Waals surface area contributed by atoms with Gasteiger partial charge in [0.2, 0.25) is 5.78 Å². The van der Waals surface area contributed by atoms with E-state index in [0.717, 1.165) is 38.5 Å². The van der Waals surface area contributed by atoms with Gasteiger partial charge in [-0.05, 0) is 68.9 Å². The van der Waals surface area contributed by atoms with Crippen molar-refractivity contribution in [3.63, 3.8) is 0 Å². The minimum atomic E-state index is -0.731. The number of likely N-dealkylation sites (tertiary alicyclic amines) is 1. The van der Waals surface area contributed by atoms with Crippen LogP contribution in [0, 0.1) is 5.41 Å². The summed E-state index contributed by atoms with van der Waals surface area (Å²) in [5.74, 6) is -1.34. The molecule has 1 fully saturated rings. The minimum Gasteiger partial charge on any atom is -0.461 e. The molecule has 1 heterocycles. The Morgan fingerprint density at radius 3 is 1.94 bits per heavy atom. The Bertz CT molecular complexity index is 941. The van der Waals surface area contributed by atoms with Crippen molar-refractivity contribution in [1.29, 1.82) is 0 Å². The zero-order chi connectivity index (χ0) is 26.0. The molecular weight excluding hydrogens is 450 g/mol. The average Bonchev–Trinajstić information content (AvgIpc) is 3.39. The number of ketones is 1. The second-order valence-corrected chi connectivity index (χ2v) is 10.5. The third kappa shape index (κ3) is 7.78. The zero-order valence-electron chi connectivity index (χ0n) is 22.1. The SMILES string of the molecule is CCC(C)(C)C(=O)C(=O)N1CCCC1C(=O)OC(CCCc1ccccc1)CCCc1ccccc1. The maximum Gasteiger partial charge on any atom is 0.329 e. The lowest BCUT2D eigenvalue weighted by molar-refractivity contribution is -0.161. The molecule has 5 heteroatoms. The van der Waals surface area contributed by atoms with Gasteiger partial charge in [0.15, 0.2) is 0 Å². The van der Waals surface area contributed by atoms with Crippen LogP contribution in [-0.2, 0) is 32.0 Å². The summed E-state index contributed by atoms with van der Waals surface area (Å²) >= 11 is 0. The second-order valence-electron chi connectivity index (χ2n) is 10.5. The molecule has 1 atom stereocenters. The zero-order valence-corrected chi connectivity index (χ0v) is 22.1. The fourth-order valence-corrected chi connectivity index (χ4v) is 4.70. The number of hydrogen-bond acceptors (Lipinski definition) is 4. The van der Waals surface area contributed by atoms with Gasteiger partial charge >= 0.3 is 5.97 Å². The van der Waals surface area contributed by atoms with Crippen molar-refractivity contribution in [2.45, 2.75) is 90.7 Å². The molecule has 0 radical (unpaired) electrons. The van der Waals surface area contributed by atoms with Crippen molar-refractivity contribution in [2.24, 2.45) is 5.41 Å². The highest BCUT2D eigenvalue weighted by Crippen LogP contribution is 2.27. The van der Waals surface area contributed by atoms with Gasteiger partial charge in [-0.15, -0.1) is 0 Å². The van der Waals surface area contributed by atoms with Gasteiger partial charge < -0.3 is 9.64 Å². The Labute approximate surface area is 216 Å². The third-order valence-electron chi connectivity index (χ3n) is 7.43. The first-order chi connectivity index (χ1) is 17.3.